The first-order valence-corrected chi connectivity index (χ1v) is 12.9. The maximum atomic E-state index is 13.8. The monoisotopic (exact) mass is 519 g/mol. The standard InChI is InChI=1S/C25H30ClN3O5S/c1-4-33-19-8-6-17(16-21(19)34-5-2)24(30)29(11-10-28-12-14-32-15-13-28)25-27-22-20(31-3)9-7-18(26)23(22)35-25/h6-9,16H,4-5,10-15H2,1-3H3. The minimum absolute atomic E-state index is 0.170. The predicted octanol–water partition coefficient (Wildman–Crippen LogP) is 4.73. The number of amides is 1. The van der Waals surface area contributed by atoms with E-state index in [4.69, 9.17) is 35.5 Å². The summed E-state index contributed by atoms with van der Waals surface area (Å²) < 4.78 is 23.2. The SMILES string of the molecule is CCOc1ccc(C(=O)N(CCN2CCOCC2)c2nc3c(OC)ccc(Cl)c3s2)cc1OCC. The summed E-state index contributed by atoms with van der Waals surface area (Å²) in [4.78, 5) is 22.6. The van der Waals surface area contributed by atoms with Crippen molar-refractivity contribution in [2.24, 2.45) is 0 Å². The fraction of sp³-hybridized carbons (Fsp3) is 0.440. The first-order chi connectivity index (χ1) is 17.0. The van der Waals surface area contributed by atoms with Crippen molar-refractivity contribution < 1.29 is 23.7 Å². The molecule has 0 saturated carbocycles. The van der Waals surface area contributed by atoms with Crippen LogP contribution in [0.25, 0.3) is 10.2 Å². The van der Waals surface area contributed by atoms with Gasteiger partial charge in [-0.3, -0.25) is 14.6 Å². The van der Waals surface area contributed by atoms with Crippen LogP contribution in [0.15, 0.2) is 30.3 Å². The number of halogens is 1. The number of hydrogen-bond donors (Lipinski definition) is 0. The Labute approximate surface area is 214 Å². The number of anilines is 1. The summed E-state index contributed by atoms with van der Waals surface area (Å²) in [5.74, 6) is 1.60. The molecule has 0 bridgehead atoms. The molecule has 3 aromatic rings. The number of hydrogen-bond acceptors (Lipinski definition) is 8. The van der Waals surface area contributed by atoms with E-state index in [1.54, 1.807) is 42.3 Å². The highest BCUT2D eigenvalue weighted by Crippen LogP contribution is 2.39. The summed E-state index contributed by atoms with van der Waals surface area (Å²) in [5.41, 5.74) is 1.14. The van der Waals surface area contributed by atoms with Gasteiger partial charge in [0.2, 0.25) is 0 Å². The molecular weight excluding hydrogens is 490 g/mol. The summed E-state index contributed by atoms with van der Waals surface area (Å²) in [6, 6.07) is 8.85. The van der Waals surface area contributed by atoms with Gasteiger partial charge in [-0.2, -0.15) is 0 Å². The second kappa shape index (κ2) is 11.9. The number of benzene rings is 2. The lowest BCUT2D eigenvalue weighted by atomic mass is 10.1. The van der Waals surface area contributed by atoms with E-state index < -0.39 is 0 Å². The number of ether oxygens (including phenoxy) is 4. The van der Waals surface area contributed by atoms with Crippen LogP contribution >= 0.6 is 22.9 Å². The Bertz CT molecular complexity index is 1170. The van der Waals surface area contributed by atoms with E-state index in [0.29, 0.717) is 78.0 Å². The Morgan fingerprint density at radius 1 is 1.11 bits per heavy atom. The van der Waals surface area contributed by atoms with Gasteiger partial charge in [-0.05, 0) is 44.2 Å². The average Bonchev–Trinajstić information content (AvgIpc) is 3.32. The van der Waals surface area contributed by atoms with Crippen molar-refractivity contribution in [3.05, 3.63) is 40.9 Å². The summed E-state index contributed by atoms with van der Waals surface area (Å²) in [6.45, 7) is 9.00. The lowest BCUT2D eigenvalue weighted by Crippen LogP contribution is -2.43. The number of carbonyl (C=O) groups is 1. The first-order valence-electron chi connectivity index (χ1n) is 11.7. The van der Waals surface area contributed by atoms with Gasteiger partial charge in [0, 0.05) is 31.7 Å². The normalized spacial score (nSPS) is 14.2. The molecule has 0 atom stereocenters. The Hall–Kier alpha value is -2.59. The zero-order valence-corrected chi connectivity index (χ0v) is 21.8. The molecule has 2 aromatic carbocycles. The molecule has 35 heavy (non-hydrogen) atoms. The number of thiazole rings is 1. The molecule has 10 heteroatoms. The maximum absolute atomic E-state index is 13.8. The molecule has 1 saturated heterocycles. The van der Waals surface area contributed by atoms with Gasteiger partial charge in [0.1, 0.15) is 11.3 Å². The second-order valence-corrected chi connectivity index (χ2v) is 9.25. The minimum Gasteiger partial charge on any atom is -0.494 e. The van der Waals surface area contributed by atoms with Gasteiger partial charge in [-0.1, -0.05) is 22.9 Å². The van der Waals surface area contributed by atoms with Crippen molar-refractivity contribution in [1.82, 2.24) is 9.88 Å². The highest BCUT2D eigenvalue weighted by atomic mass is 35.5. The van der Waals surface area contributed by atoms with E-state index in [9.17, 15) is 4.79 Å². The highest BCUT2D eigenvalue weighted by Gasteiger charge is 2.25. The number of carbonyl (C=O) groups excluding carboxylic acids is 1. The summed E-state index contributed by atoms with van der Waals surface area (Å²) in [6.07, 6.45) is 0. The molecule has 2 heterocycles. The van der Waals surface area contributed by atoms with Crippen LogP contribution in [0.2, 0.25) is 5.02 Å². The summed E-state index contributed by atoms with van der Waals surface area (Å²) >= 11 is 7.84. The Balaban J connectivity index is 1.70. The van der Waals surface area contributed by atoms with Gasteiger partial charge in [-0.15, -0.1) is 0 Å². The van der Waals surface area contributed by atoms with Gasteiger partial charge in [-0.25, -0.2) is 4.98 Å². The van der Waals surface area contributed by atoms with E-state index in [1.807, 2.05) is 13.8 Å². The van der Waals surface area contributed by atoms with Crippen molar-refractivity contribution >= 4 is 44.2 Å². The van der Waals surface area contributed by atoms with E-state index in [0.717, 1.165) is 17.8 Å². The molecular formula is C25H30ClN3O5S. The molecule has 8 nitrogen and oxygen atoms in total. The largest absolute Gasteiger partial charge is 0.494 e. The Morgan fingerprint density at radius 3 is 2.54 bits per heavy atom. The van der Waals surface area contributed by atoms with Crippen molar-refractivity contribution in [3.63, 3.8) is 0 Å². The maximum Gasteiger partial charge on any atom is 0.260 e. The number of morpholine rings is 1. The molecule has 1 aliphatic rings. The third-order valence-electron chi connectivity index (χ3n) is 5.68. The van der Waals surface area contributed by atoms with E-state index >= 15 is 0 Å². The molecule has 0 spiro atoms. The van der Waals surface area contributed by atoms with E-state index in [2.05, 4.69) is 4.90 Å². The molecule has 1 aromatic heterocycles. The number of rotatable bonds is 10. The molecule has 1 aliphatic heterocycles. The summed E-state index contributed by atoms with van der Waals surface area (Å²) in [5, 5.41) is 1.14. The van der Waals surface area contributed by atoms with Gasteiger partial charge in [0.05, 0.1) is 43.3 Å². The highest BCUT2D eigenvalue weighted by molar-refractivity contribution is 7.23. The lowest BCUT2D eigenvalue weighted by molar-refractivity contribution is 0.0391. The molecule has 188 valence electrons. The minimum atomic E-state index is -0.170. The third-order valence-corrected chi connectivity index (χ3v) is 7.22. The van der Waals surface area contributed by atoms with Crippen LogP contribution in [0.1, 0.15) is 24.2 Å². The molecule has 4 rings (SSSR count). The molecule has 0 N–H and O–H groups in total. The Morgan fingerprint density at radius 2 is 1.83 bits per heavy atom. The fourth-order valence-corrected chi connectivity index (χ4v) is 5.19. The van der Waals surface area contributed by atoms with Crippen molar-refractivity contribution in [1.29, 1.82) is 0 Å². The lowest BCUT2D eigenvalue weighted by Gasteiger charge is -2.29. The van der Waals surface area contributed by atoms with Crippen molar-refractivity contribution in [3.8, 4) is 17.2 Å². The van der Waals surface area contributed by atoms with E-state index in [1.165, 1.54) is 11.3 Å². The molecule has 0 unspecified atom stereocenters. The third kappa shape index (κ3) is 5.81. The smallest absolute Gasteiger partial charge is 0.260 e. The summed E-state index contributed by atoms with van der Waals surface area (Å²) in [7, 11) is 1.60. The number of fused-ring (bicyclic) bond motifs is 1. The van der Waals surface area contributed by atoms with Crippen molar-refractivity contribution in [2.45, 2.75) is 13.8 Å². The quantitative estimate of drug-likeness (QED) is 0.383. The molecule has 0 radical (unpaired) electrons. The predicted molar refractivity (Wildman–Crippen MR) is 139 cm³/mol. The first kappa shape index (κ1) is 25.5. The molecule has 1 amide bonds. The van der Waals surface area contributed by atoms with Crippen LogP contribution in [0, 0.1) is 0 Å². The van der Waals surface area contributed by atoms with Gasteiger partial charge >= 0.3 is 0 Å². The fourth-order valence-electron chi connectivity index (χ4n) is 3.91. The van der Waals surface area contributed by atoms with Crippen LogP contribution in [0.4, 0.5) is 5.13 Å². The Kier molecular flexibility index (Phi) is 8.67. The number of nitrogens with zero attached hydrogens (tertiary/aromatic N) is 3. The van der Waals surface area contributed by atoms with Crippen LogP contribution < -0.4 is 19.1 Å². The van der Waals surface area contributed by atoms with Crippen LogP contribution in [-0.4, -0.2) is 75.5 Å². The van der Waals surface area contributed by atoms with Gasteiger partial charge < -0.3 is 18.9 Å². The zero-order valence-electron chi connectivity index (χ0n) is 20.2. The van der Waals surface area contributed by atoms with Crippen LogP contribution in [-0.2, 0) is 4.74 Å². The van der Waals surface area contributed by atoms with Gasteiger partial charge in [0.25, 0.3) is 5.91 Å². The van der Waals surface area contributed by atoms with Crippen LogP contribution in [0.5, 0.6) is 17.2 Å². The number of aromatic nitrogens is 1. The zero-order chi connectivity index (χ0) is 24.8. The van der Waals surface area contributed by atoms with Gasteiger partial charge in [0.15, 0.2) is 16.6 Å². The molecule has 0 aliphatic carbocycles. The molecule has 1 fully saturated rings. The van der Waals surface area contributed by atoms with Crippen molar-refractivity contribution in [2.75, 3.05) is 64.6 Å². The average molecular weight is 520 g/mol. The van der Waals surface area contributed by atoms with Crippen LogP contribution in [0.3, 0.4) is 0 Å². The second-order valence-electron chi connectivity index (χ2n) is 7.86. The topological polar surface area (TPSA) is 73.4 Å². The number of methoxy groups -OCH3 is 1. The van der Waals surface area contributed by atoms with E-state index in [-0.39, 0.29) is 5.91 Å².